The van der Waals surface area contributed by atoms with Crippen LogP contribution < -0.4 is 14.8 Å². The number of sulfonamides is 1. The van der Waals surface area contributed by atoms with E-state index in [2.05, 4.69) is 10.0 Å². The highest BCUT2D eigenvalue weighted by atomic mass is 32.2. The number of ether oxygens (including phenoxy) is 1. The first-order chi connectivity index (χ1) is 10.5. The van der Waals surface area contributed by atoms with E-state index in [1.165, 1.54) is 32.4 Å². The van der Waals surface area contributed by atoms with Gasteiger partial charge in [-0.05, 0) is 37.4 Å². The van der Waals surface area contributed by atoms with Gasteiger partial charge in [-0.3, -0.25) is 4.79 Å². The topological polar surface area (TPSA) is 84.5 Å². The van der Waals surface area contributed by atoms with Gasteiger partial charge in [0.05, 0.1) is 7.11 Å². The van der Waals surface area contributed by atoms with Gasteiger partial charge in [0.25, 0.3) is 5.91 Å². The molecule has 2 rings (SSSR count). The summed E-state index contributed by atoms with van der Waals surface area (Å²) >= 11 is 0. The largest absolute Gasteiger partial charge is 0.495 e. The Morgan fingerprint density at radius 2 is 1.77 bits per heavy atom. The van der Waals surface area contributed by atoms with E-state index in [1.54, 1.807) is 24.3 Å². The molecular weight excluding hydrogens is 304 g/mol. The zero-order valence-electron chi connectivity index (χ0n) is 12.2. The van der Waals surface area contributed by atoms with Crippen molar-refractivity contribution in [2.45, 2.75) is 4.90 Å². The molecule has 0 saturated carbocycles. The van der Waals surface area contributed by atoms with Crippen LogP contribution in [-0.4, -0.2) is 28.5 Å². The Morgan fingerprint density at radius 1 is 1.09 bits per heavy atom. The average Bonchev–Trinajstić information content (AvgIpc) is 2.55. The lowest BCUT2D eigenvalue weighted by Crippen LogP contribution is -2.20. The van der Waals surface area contributed by atoms with Crippen LogP contribution in [-0.2, 0) is 10.0 Å². The van der Waals surface area contributed by atoms with E-state index in [0.29, 0.717) is 5.69 Å². The average molecular weight is 320 g/mol. The van der Waals surface area contributed by atoms with Crippen molar-refractivity contribution in [3.63, 3.8) is 0 Å². The summed E-state index contributed by atoms with van der Waals surface area (Å²) in [5.41, 5.74) is 0.847. The Balaban J connectivity index is 2.36. The highest BCUT2D eigenvalue weighted by Gasteiger charge is 2.20. The van der Waals surface area contributed by atoms with Crippen LogP contribution in [0.3, 0.4) is 0 Å². The van der Waals surface area contributed by atoms with E-state index in [9.17, 15) is 13.2 Å². The second kappa shape index (κ2) is 6.59. The summed E-state index contributed by atoms with van der Waals surface area (Å²) < 4.78 is 31.2. The molecule has 0 radical (unpaired) electrons. The van der Waals surface area contributed by atoms with Gasteiger partial charge < -0.3 is 10.1 Å². The molecule has 0 aromatic heterocycles. The SMILES string of the molecule is CNS(=O)(=O)c1cc(C(=O)Nc2ccccc2)ccc1OC. The van der Waals surface area contributed by atoms with Gasteiger partial charge >= 0.3 is 0 Å². The van der Waals surface area contributed by atoms with Crippen LogP contribution in [0.5, 0.6) is 5.75 Å². The molecule has 22 heavy (non-hydrogen) atoms. The van der Waals surface area contributed by atoms with Gasteiger partial charge in [0, 0.05) is 11.3 Å². The molecule has 0 spiro atoms. The summed E-state index contributed by atoms with van der Waals surface area (Å²) in [6.07, 6.45) is 0. The van der Waals surface area contributed by atoms with Crippen molar-refractivity contribution in [1.82, 2.24) is 4.72 Å². The molecule has 0 aliphatic heterocycles. The number of para-hydroxylation sites is 1. The Labute approximate surface area is 129 Å². The molecule has 0 saturated heterocycles. The van der Waals surface area contributed by atoms with Gasteiger partial charge in [0.2, 0.25) is 10.0 Å². The second-order valence-corrected chi connectivity index (χ2v) is 6.25. The molecule has 2 aromatic carbocycles. The summed E-state index contributed by atoms with van der Waals surface area (Å²) in [5.74, 6) is -0.230. The van der Waals surface area contributed by atoms with Gasteiger partial charge in [-0.25, -0.2) is 13.1 Å². The number of hydrogen-bond donors (Lipinski definition) is 2. The molecule has 0 fully saturated rings. The van der Waals surface area contributed by atoms with E-state index in [1.807, 2.05) is 6.07 Å². The lowest BCUT2D eigenvalue weighted by atomic mass is 10.2. The molecule has 0 aliphatic rings. The van der Waals surface area contributed by atoms with Crippen LogP contribution in [0.25, 0.3) is 0 Å². The van der Waals surface area contributed by atoms with Gasteiger partial charge in [-0.1, -0.05) is 18.2 Å². The third-order valence-corrected chi connectivity index (χ3v) is 4.45. The van der Waals surface area contributed by atoms with E-state index in [0.717, 1.165) is 0 Å². The maximum atomic E-state index is 12.2. The number of nitrogens with one attached hydrogen (secondary N) is 2. The van der Waals surface area contributed by atoms with E-state index >= 15 is 0 Å². The lowest BCUT2D eigenvalue weighted by molar-refractivity contribution is 0.102. The highest BCUT2D eigenvalue weighted by molar-refractivity contribution is 7.89. The zero-order chi connectivity index (χ0) is 16.2. The summed E-state index contributed by atoms with van der Waals surface area (Å²) in [4.78, 5) is 12.1. The van der Waals surface area contributed by atoms with E-state index < -0.39 is 15.9 Å². The normalized spacial score (nSPS) is 11.0. The number of benzene rings is 2. The fourth-order valence-corrected chi connectivity index (χ4v) is 2.78. The summed E-state index contributed by atoms with van der Waals surface area (Å²) in [5, 5.41) is 2.70. The number of carbonyl (C=O) groups excluding carboxylic acids is 1. The molecule has 0 atom stereocenters. The smallest absolute Gasteiger partial charge is 0.255 e. The van der Waals surface area contributed by atoms with Crippen molar-refractivity contribution in [2.24, 2.45) is 0 Å². The van der Waals surface area contributed by atoms with Crippen molar-refractivity contribution in [3.05, 3.63) is 54.1 Å². The molecule has 6 nitrogen and oxygen atoms in total. The number of rotatable bonds is 5. The maximum absolute atomic E-state index is 12.2. The van der Waals surface area contributed by atoms with Gasteiger partial charge in [-0.2, -0.15) is 0 Å². The fraction of sp³-hybridized carbons (Fsp3) is 0.133. The summed E-state index contributed by atoms with van der Waals surface area (Å²) in [6, 6.07) is 13.1. The van der Waals surface area contributed by atoms with Crippen molar-refractivity contribution in [1.29, 1.82) is 0 Å². The first-order valence-electron chi connectivity index (χ1n) is 6.46. The lowest BCUT2D eigenvalue weighted by Gasteiger charge is -2.11. The molecule has 0 unspecified atom stereocenters. The first kappa shape index (κ1) is 16.0. The van der Waals surface area contributed by atoms with Crippen molar-refractivity contribution < 1.29 is 17.9 Å². The Kier molecular flexibility index (Phi) is 4.79. The van der Waals surface area contributed by atoms with Gasteiger partial charge in [0.15, 0.2) is 0 Å². The molecule has 2 aromatic rings. The standard InChI is InChI=1S/C15H16N2O4S/c1-16-22(19,20)14-10-11(8-9-13(14)21-2)15(18)17-12-6-4-3-5-7-12/h3-10,16H,1-2H3,(H,17,18). The Morgan fingerprint density at radius 3 is 2.36 bits per heavy atom. The third kappa shape index (κ3) is 3.44. The first-order valence-corrected chi connectivity index (χ1v) is 7.94. The number of hydrogen-bond acceptors (Lipinski definition) is 4. The van der Waals surface area contributed by atoms with Crippen molar-refractivity contribution in [3.8, 4) is 5.75 Å². The minimum atomic E-state index is -3.72. The number of carbonyl (C=O) groups is 1. The molecule has 2 N–H and O–H groups in total. The van der Waals surface area contributed by atoms with Crippen LogP contribution in [0.15, 0.2) is 53.4 Å². The molecule has 1 amide bonds. The zero-order valence-corrected chi connectivity index (χ0v) is 13.0. The third-order valence-electron chi connectivity index (χ3n) is 3.02. The fourth-order valence-electron chi connectivity index (χ4n) is 1.86. The molecule has 0 heterocycles. The summed E-state index contributed by atoms with van der Waals surface area (Å²) in [6.45, 7) is 0. The minimum absolute atomic E-state index is 0.0850. The van der Waals surface area contributed by atoms with Crippen LogP contribution in [0, 0.1) is 0 Å². The number of methoxy groups -OCH3 is 1. The number of amides is 1. The highest BCUT2D eigenvalue weighted by Crippen LogP contribution is 2.25. The molecule has 7 heteroatoms. The molecular formula is C15H16N2O4S. The van der Waals surface area contributed by atoms with Gasteiger partial charge in [0.1, 0.15) is 10.6 Å². The predicted molar refractivity (Wildman–Crippen MR) is 83.6 cm³/mol. The number of anilines is 1. The van der Waals surface area contributed by atoms with Gasteiger partial charge in [-0.15, -0.1) is 0 Å². The van der Waals surface area contributed by atoms with Crippen LogP contribution >= 0.6 is 0 Å². The van der Waals surface area contributed by atoms with Crippen LogP contribution in [0.1, 0.15) is 10.4 Å². The van der Waals surface area contributed by atoms with Crippen LogP contribution in [0.4, 0.5) is 5.69 Å². The predicted octanol–water partition coefficient (Wildman–Crippen LogP) is 1.86. The Bertz CT molecular complexity index is 773. The Hall–Kier alpha value is -2.38. The molecule has 116 valence electrons. The minimum Gasteiger partial charge on any atom is -0.495 e. The molecule has 0 bridgehead atoms. The maximum Gasteiger partial charge on any atom is 0.255 e. The van der Waals surface area contributed by atoms with Crippen LogP contribution in [0.2, 0.25) is 0 Å². The van der Waals surface area contributed by atoms with E-state index in [-0.39, 0.29) is 16.2 Å². The van der Waals surface area contributed by atoms with E-state index in [4.69, 9.17) is 4.74 Å². The monoisotopic (exact) mass is 320 g/mol. The quantitative estimate of drug-likeness (QED) is 0.880. The second-order valence-electron chi connectivity index (χ2n) is 4.39. The summed E-state index contributed by atoms with van der Waals surface area (Å²) in [7, 11) is -1.06. The van der Waals surface area contributed by atoms with Crippen molar-refractivity contribution in [2.75, 3.05) is 19.5 Å². The molecule has 0 aliphatic carbocycles. The van der Waals surface area contributed by atoms with Crippen molar-refractivity contribution >= 4 is 21.6 Å².